The van der Waals surface area contributed by atoms with Gasteiger partial charge in [-0.05, 0) is 75.5 Å². The van der Waals surface area contributed by atoms with Crippen LogP contribution in [0.3, 0.4) is 0 Å². The Kier molecular flexibility index (Phi) is 8.75. The lowest BCUT2D eigenvalue weighted by molar-refractivity contribution is 0.669. The van der Waals surface area contributed by atoms with Crippen LogP contribution in [0.25, 0.3) is 89.1 Å². The molecule has 0 aliphatic carbocycles. The minimum atomic E-state index is 0.614. The Morgan fingerprint density at radius 3 is 1.33 bits per heavy atom. The third-order valence-corrected chi connectivity index (χ3v) is 11.1. The van der Waals surface area contributed by atoms with Gasteiger partial charge in [0.05, 0.1) is 5.69 Å². The van der Waals surface area contributed by atoms with Crippen LogP contribution >= 0.6 is 0 Å². The molecular weight excluding hydrogens is 733 g/mol. The molecule has 0 aliphatic heterocycles. The number of hydrogen-bond donors (Lipinski definition) is 0. The van der Waals surface area contributed by atoms with Crippen molar-refractivity contribution in [1.82, 2.24) is 15.0 Å². The molecule has 11 aromatic rings. The summed E-state index contributed by atoms with van der Waals surface area (Å²) in [4.78, 5) is 17.2. The average molecular weight is 769 g/mol. The molecular formula is C55H36N4O. The van der Waals surface area contributed by atoms with E-state index >= 15 is 0 Å². The van der Waals surface area contributed by atoms with Gasteiger partial charge in [-0.1, -0.05) is 170 Å². The van der Waals surface area contributed by atoms with E-state index in [4.69, 9.17) is 19.4 Å². The van der Waals surface area contributed by atoms with Gasteiger partial charge < -0.3 is 9.32 Å². The summed E-state index contributed by atoms with van der Waals surface area (Å²) in [5, 5.41) is 4.45. The molecule has 2 aromatic heterocycles. The van der Waals surface area contributed by atoms with E-state index in [1.165, 1.54) is 10.9 Å². The molecule has 0 atom stereocenters. The van der Waals surface area contributed by atoms with Gasteiger partial charge in [0.1, 0.15) is 11.2 Å². The van der Waals surface area contributed by atoms with Gasteiger partial charge in [0.25, 0.3) is 0 Å². The Morgan fingerprint density at radius 2 is 0.750 bits per heavy atom. The van der Waals surface area contributed by atoms with Crippen LogP contribution in [0.1, 0.15) is 0 Å². The predicted octanol–water partition coefficient (Wildman–Crippen LogP) is 14.7. The molecule has 0 radical (unpaired) electrons. The molecule has 282 valence electrons. The quantitative estimate of drug-likeness (QED) is 0.154. The first kappa shape index (κ1) is 35.0. The van der Waals surface area contributed by atoms with Crippen LogP contribution in [0.2, 0.25) is 0 Å². The molecule has 0 spiro atoms. The van der Waals surface area contributed by atoms with Crippen molar-refractivity contribution >= 4 is 49.8 Å². The molecule has 9 aromatic carbocycles. The number of rotatable bonds is 8. The molecule has 0 bridgehead atoms. The number of nitrogens with zero attached hydrogens (tertiary/aromatic N) is 4. The van der Waals surface area contributed by atoms with E-state index in [-0.39, 0.29) is 0 Å². The van der Waals surface area contributed by atoms with Crippen LogP contribution in [-0.2, 0) is 0 Å². The molecule has 0 aliphatic rings. The third kappa shape index (κ3) is 6.54. The van der Waals surface area contributed by atoms with E-state index in [0.29, 0.717) is 17.5 Å². The summed E-state index contributed by atoms with van der Waals surface area (Å²) in [5.41, 5.74) is 12.0. The number of hydrogen-bond acceptors (Lipinski definition) is 5. The molecule has 5 nitrogen and oxygen atoms in total. The molecule has 0 saturated heterocycles. The van der Waals surface area contributed by atoms with Gasteiger partial charge >= 0.3 is 0 Å². The van der Waals surface area contributed by atoms with E-state index in [1.54, 1.807) is 0 Å². The average Bonchev–Trinajstić information content (AvgIpc) is 3.69. The zero-order chi connectivity index (χ0) is 39.8. The Hall–Kier alpha value is -8.15. The second-order valence-electron chi connectivity index (χ2n) is 14.9. The second kappa shape index (κ2) is 15.0. The Balaban J connectivity index is 1.08. The fraction of sp³-hybridized carbons (Fsp3) is 0. The maximum Gasteiger partial charge on any atom is 0.164 e. The van der Waals surface area contributed by atoms with Crippen molar-refractivity contribution in [3.8, 4) is 56.4 Å². The lowest BCUT2D eigenvalue weighted by Crippen LogP contribution is -2.10. The van der Waals surface area contributed by atoms with Crippen molar-refractivity contribution < 1.29 is 4.42 Å². The maximum absolute atomic E-state index is 6.81. The van der Waals surface area contributed by atoms with Gasteiger partial charge in [0, 0.05) is 44.9 Å². The van der Waals surface area contributed by atoms with Crippen LogP contribution in [0.5, 0.6) is 0 Å². The van der Waals surface area contributed by atoms with E-state index in [0.717, 1.165) is 77.8 Å². The highest BCUT2D eigenvalue weighted by atomic mass is 16.3. The first-order valence-electron chi connectivity index (χ1n) is 20.1. The van der Waals surface area contributed by atoms with Gasteiger partial charge in [-0.3, -0.25) is 0 Å². The molecule has 2 heterocycles. The first-order valence-corrected chi connectivity index (χ1v) is 20.1. The van der Waals surface area contributed by atoms with Crippen molar-refractivity contribution in [3.63, 3.8) is 0 Å². The molecule has 0 N–H and O–H groups in total. The van der Waals surface area contributed by atoms with Crippen molar-refractivity contribution in [2.45, 2.75) is 0 Å². The van der Waals surface area contributed by atoms with E-state index in [1.807, 2.05) is 66.7 Å². The molecule has 0 saturated carbocycles. The lowest BCUT2D eigenvalue weighted by Gasteiger charge is -2.26. The van der Waals surface area contributed by atoms with Crippen molar-refractivity contribution in [2.75, 3.05) is 4.90 Å². The normalized spacial score (nSPS) is 11.3. The zero-order valence-electron chi connectivity index (χ0n) is 32.5. The molecule has 0 unspecified atom stereocenters. The van der Waals surface area contributed by atoms with Crippen LogP contribution < -0.4 is 4.90 Å². The highest BCUT2D eigenvalue weighted by molar-refractivity contribution is 6.16. The molecule has 60 heavy (non-hydrogen) atoms. The van der Waals surface area contributed by atoms with Crippen LogP contribution in [0.15, 0.2) is 223 Å². The Labute approximate surface area is 347 Å². The summed E-state index contributed by atoms with van der Waals surface area (Å²) >= 11 is 0. The summed E-state index contributed by atoms with van der Waals surface area (Å²) < 4.78 is 6.81. The highest BCUT2D eigenvalue weighted by Crippen LogP contribution is 2.45. The molecule has 0 amide bonds. The smallest absolute Gasteiger partial charge is 0.164 e. The van der Waals surface area contributed by atoms with E-state index < -0.39 is 0 Å². The second-order valence-corrected chi connectivity index (χ2v) is 14.9. The zero-order valence-corrected chi connectivity index (χ0v) is 32.5. The molecule has 5 heteroatoms. The minimum absolute atomic E-state index is 0.614. The minimum Gasteiger partial charge on any atom is -0.456 e. The Bertz CT molecular complexity index is 3220. The summed E-state index contributed by atoms with van der Waals surface area (Å²) in [6.45, 7) is 0. The largest absolute Gasteiger partial charge is 0.456 e. The number of aromatic nitrogens is 3. The van der Waals surface area contributed by atoms with E-state index in [2.05, 4.69) is 157 Å². The summed E-state index contributed by atoms with van der Waals surface area (Å²) in [7, 11) is 0. The van der Waals surface area contributed by atoms with Gasteiger partial charge in [-0.15, -0.1) is 0 Å². The third-order valence-electron chi connectivity index (χ3n) is 11.1. The number of anilines is 3. The number of furan rings is 1. The SMILES string of the molecule is c1ccc(-c2ccc(N(c3ccccc3)c3cc(-c4ccc(-c5nc(-c6ccccc6)nc(-c6ccccc6)n5)cc4)c4c(c3)oc3cc5ccccc5cc34)cc2)cc1. The molecule has 11 rings (SSSR count). The van der Waals surface area contributed by atoms with Gasteiger partial charge in [-0.2, -0.15) is 0 Å². The number of benzene rings is 9. The standard InChI is InChI=1S/C55H36N4O/c1-5-15-37(16-6-1)38-29-31-46(32-30-38)59(45-23-11-4-12-24-45)47-35-48(52-49-33-43-21-13-14-22-44(43)34-50(49)60-51(52)36-47)39-25-27-42(28-26-39)55-57-53(40-17-7-2-8-18-40)56-54(58-55)41-19-9-3-10-20-41/h1-36H. The summed E-state index contributed by atoms with van der Waals surface area (Å²) in [6.07, 6.45) is 0. The lowest BCUT2D eigenvalue weighted by atomic mass is 9.96. The van der Waals surface area contributed by atoms with Crippen LogP contribution in [0, 0.1) is 0 Å². The predicted molar refractivity (Wildman–Crippen MR) is 246 cm³/mol. The van der Waals surface area contributed by atoms with Crippen LogP contribution in [0.4, 0.5) is 17.1 Å². The maximum atomic E-state index is 6.81. The fourth-order valence-electron chi connectivity index (χ4n) is 8.13. The van der Waals surface area contributed by atoms with Crippen molar-refractivity contribution in [3.05, 3.63) is 218 Å². The Morgan fingerprint density at radius 1 is 0.317 bits per heavy atom. The summed E-state index contributed by atoms with van der Waals surface area (Å²) in [6, 6.07) is 75.8. The van der Waals surface area contributed by atoms with Crippen molar-refractivity contribution in [2.24, 2.45) is 0 Å². The number of fused-ring (bicyclic) bond motifs is 4. The summed E-state index contributed by atoms with van der Waals surface area (Å²) in [5.74, 6) is 1.88. The van der Waals surface area contributed by atoms with Gasteiger partial charge in [0.15, 0.2) is 17.5 Å². The fourth-order valence-corrected chi connectivity index (χ4v) is 8.13. The van der Waals surface area contributed by atoms with Gasteiger partial charge in [0.2, 0.25) is 0 Å². The van der Waals surface area contributed by atoms with E-state index in [9.17, 15) is 0 Å². The van der Waals surface area contributed by atoms with Crippen LogP contribution in [-0.4, -0.2) is 15.0 Å². The monoisotopic (exact) mass is 768 g/mol. The molecule has 0 fully saturated rings. The first-order chi connectivity index (χ1) is 29.7. The van der Waals surface area contributed by atoms with Gasteiger partial charge in [-0.25, -0.2) is 15.0 Å². The topological polar surface area (TPSA) is 55.1 Å². The highest BCUT2D eigenvalue weighted by Gasteiger charge is 2.21. The van der Waals surface area contributed by atoms with Crippen molar-refractivity contribution in [1.29, 1.82) is 0 Å². The number of para-hydroxylation sites is 1.